The predicted octanol–water partition coefficient (Wildman–Crippen LogP) is 2.00. The lowest BCUT2D eigenvalue weighted by molar-refractivity contribution is 0.0519. The van der Waals surface area contributed by atoms with Crippen molar-refractivity contribution in [2.45, 2.75) is 11.8 Å². The molecule has 8 heteroatoms. The van der Waals surface area contributed by atoms with Gasteiger partial charge in [0.15, 0.2) is 15.5 Å². The fraction of sp³-hybridized carbons (Fsp3) is 0.231. The molecule has 0 aliphatic rings. The van der Waals surface area contributed by atoms with Crippen LogP contribution in [0.5, 0.6) is 0 Å². The molecule has 0 saturated carbocycles. The van der Waals surface area contributed by atoms with Crippen molar-refractivity contribution in [2.24, 2.45) is 0 Å². The molecule has 21 heavy (non-hydrogen) atoms. The van der Waals surface area contributed by atoms with Gasteiger partial charge in [-0.25, -0.2) is 13.2 Å². The largest absolute Gasteiger partial charge is 0.461 e. The molecule has 0 atom stereocenters. The van der Waals surface area contributed by atoms with E-state index in [1.165, 1.54) is 18.4 Å². The molecule has 2 aromatic rings. The topological polar surface area (TPSA) is 98.5 Å². The van der Waals surface area contributed by atoms with Gasteiger partial charge in [-0.15, -0.1) is 0 Å². The van der Waals surface area contributed by atoms with E-state index in [4.69, 9.17) is 9.15 Å². The van der Waals surface area contributed by atoms with Gasteiger partial charge < -0.3 is 14.5 Å². The second-order valence-corrected chi connectivity index (χ2v) is 6.20. The Hall–Kier alpha value is -2.35. The number of benzene rings is 1. The monoisotopic (exact) mass is 310 g/mol. The lowest BCUT2D eigenvalue weighted by atomic mass is 10.3. The Morgan fingerprint density at radius 1 is 1.33 bits per heavy atom. The van der Waals surface area contributed by atoms with E-state index in [1.54, 1.807) is 19.1 Å². The van der Waals surface area contributed by atoms with Crippen molar-refractivity contribution in [2.75, 3.05) is 18.2 Å². The normalized spacial score (nSPS) is 11.1. The van der Waals surface area contributed by atoms with Crippen molar-refractivity contribution in [1.82, 2.24) is 4.98 Å². The van der Waals surface area contributed by atoms with Gasteiger partial charge in [-0.3, -0.25) is 0 Å². The SMILES string of the molecule is CCOC(=O)c1coc(Nc2ccc(S(C)(=O)=O)cc2)n1. The van der Waals surface area contributed by atoms with Crippen LogP contribution in [0.2, 0.25) is 0 Å². The average Bonchev–Trinajstić information content (AvgIpc) is 2.87. The molecule has 0 saturated heterocycles. The summed E-state index contributed by atoms with van der Waals surface area (Å²) in [5, 5.41) is 2.82. The standard InChI is InChI=1S/C13H14N2O5S/c1-3-19-12(16)11-8-20-13(15-11)14-9-4-6-10(7-5-9)21(2,17)18/h4-8H,3H2,1-2H3,(H,14,15). The van der Waals surface area contributed by atoms with E-state index >= 15 is 0 Å². The van der Waals surface area contributed by atoms with Crippen LogP contribution in [-0.2, 0) is 14.6 Å². The lowest BCUT2D eigenvalue weighted by Crippen LogP contribution is -2.05. The number of hydrogen-bond acceptors (Lipinski definition) is 7. The van der Waals surface area contributed by atoms with E-state index < -0.39 is 15.8 Å². The smallest absolute Gasteiger partial charge is 0.360 e. The number of carbonyl (C=O) groups is 1. The van der Waals surface area contributed by atoms with E-state index in [2.05, 4.69) is 10.3 Å². The molecular weight excluding hydrogens is 296 g/mol. The molecule has 0 aliphatic carbocycles. The highest BCUT2D eigenvalue weighted by molar-refractivity contribution is 7.90. The first-order chi connectivity index (χ1) is 9.90. The molecule has 0 aliphatic heterocycles. The highest BCUT2D eigenvalue weighted by Gasteiger charge is 2.13. The second-order valence-electron chi connectivity index (χ2n) is 4.18. The van der Waals surface area contributed by atoms with Gasteiger partial charge in [-0.1, -0.05) is 0 Å². The molecule has 1 heterocycles. The molecule has 0 unspecified atom stereocenters. The number of nitrogens with zero attached hydrogens (tertiary/aromatic N) is 1. The second kappa shape index (κ2) is 5.96. The number of rotatable bonds is 5. The number of esters is 1. The van der Waals surface area contributed by atoms with Crippen LogP contribution < -0.4 is 5.32 Å². The van der Waals surface area contributed by atoms with Crippen molar-refractivity contribution in [3.05, 3.63) is 36.2 Å². The van der Waals surface area contributed by atoms with E-state index in [0.29, 0.717) is 5.69 Å². The van der Waals surface area contributed by atoms with Crippen LogP contribution in [0.25, 0.3) is 0 Å². The summed E-state index contributed by atoms with van der Waals surface area (Å²) < 4.78 is 32.6. The number of ether oxygens (including phenoxy) is 1. The molecule has 0 fully saturated rings. The summed E-state index contributed by atoms with van der Waals surface area (Å²) >= 11 is 0. The molecule has 0 bridgehead atoms. The first kappa shape index (κ1) is 15.0. The number of nitrogens with one attached hydrogen (secondary N) is 1. The fourth-order valence-corrected chi connectivity index (χ4v) is 2.17. The third-order valence-electron chi connectivity index (χ3n) is 2.52. The Bertz CT molecular complexity index is 734. The maximum absolute atomic E-state index is 11.4. The van der Waals surface area contributed by atoms with Crippen LogP contribution in [0.1, 0.15) is 17.4 Å². The fourth-order valence-electron chi connectivity index (χ4n) is 1.54. The van der Waals surface area contributed by atoms with Gasteiger partial charge in [0.1, 0.15) is 6.26 Å². The van der Waals surface area contributed by atoms with E-state index in [-0.39, 0.29) is 23.2 Å². The summed E-state index contributed by atoms with van der Waals surface area (Å²) in [6.45, 7) is 1.95. The molecule has 112 valence electrons. The zero-order chi connectivity index (χ0) is 15.5. The quantitative estimate of drug-likeness (QED) is 0.843. The lowest BCUT2D eigenvalue weighted by Gasteiger charge is -2.02. The minimum absolute atomic E-state index is 0.0621. The summed E-state index contributed by atoms with van der Waals surface area (Å²) in [5.74, 6) is -0.568. The summed E-state index contributed by atoms with van der Waals surface area (Å²) in [5.41, 5.74) is 0.645. The maximum atomic E-state index is 11.4. The summed E-state index contributed by atoms with van der Waals surface area (Å²) in [6, 6.07) is 6.19. The van der Waals surface area contributed by atoms with Gasteiger partial charge in [-0.05, 0) is 31.2 Å². The summed E-state index contributed by atoms with van der Waals surface area (Å²) in [6.07, 6.45) is 2.32. The van der Waals surface area contributed by atoms with Gasteiger partial charge in [0, 0.05) is 11.9 Å². The molecule has 0 radical (unpaired) electrons. The third kappa shape index (κ3) is 3.82. The van der Waals surface area contributed by atoms with Crippen LogP contribution in [0.4, 0.5) is 11.7 Å². The van der Waals surface area contributed by atoms with Crippen molar-refractivity contribution in [1.29, 1.82) is 0 Å². The number of sulfone groups is 1. The highest BCUT2D eigenvalue weighted by Crippen LogP contribution is 2.18. The van der Waals surface area contributed by atoms with Gasteiger partial charge in [0.05, 0.1) is 11.5 Å². The van der Waals surface area contributed by atoms with E-state index in [1.807, 2.05) is 0 Å². The Morgan fingerprint density at radius 3 is 2.57 bits per heavy atom. The number of anilines is 2. The Kier molecular flexibility index (Phi) is 4.27. The number of carbonyl (C=O) groups excluding carboxylic acids is 1. The van der Waals surface area contributed by atoms with Crippen LogP contribution >= 0.6 is 0 Å². The molecular formula is C13H14N2O5S. The Morgan fingerprint density at radius 2 is 2.00 bits per heavy atom. The average molecular weight is 310 g/mol. The molecule has 1 aromatic carbocycles. The van der Waals surface area contributed by atoms with Gasteiger partial charge in [-0.2, -0.15) is 4.98 Å². The summed E-state index contributed by atoms with van der Waals surface area (Å²) in [4.78, 5) is 15.6. The molecule has 0 spiro atoms. The number of hydrogen-bond donors (Lipinski definition) is 1. The van der Waals surface area contributed by atoms with Crippen molar-refractivity contribution >= 4 is 27.5 Å². The van der Waals surface area contributed by atoms with Gasteiger partial charge in [0.2, 0.25) is 0 Å². The van der Waals surface area contributed by atoms with Crippen LogP contribution in [0, 0.1) is 0 Å². The highest BCUT2D eigenvalue weighted by atomic mass is 32.2. The van der Waals surface area contributed by atoms with Crippen molar-refractivity contribution in [3.8, 4) is 0 Å². The van der Waals surface area contributed by atoms with E-state index in [9.17, 15) is 13.2 Å². The van der Waals surface area contributed by atoms with Crippen LogP contribution in [-0.4, -0.2) is 32.2 Å². The molecule has 0 amide bonds. The van der Waals surface area contributed by atoms with Gasteiger partial charge >= 0.3 is 5.97 Å². The zero-order valence-corrected chi connectivity index (χ0v) is 12.3. The minimum Gasteiger partial charge on any atom is -0.461 e. The number of oxazole rings is 1. The Labute approximate surface area is 121 Å². The van der Waals surface area contributed by atoms with Crippen molar-refractivity contribution < 1.29 is 22.4 Å². The molecule has 7 nitrogen and oxygen atoms in total. The van der Waals surface area contributed by atoms with Gasteiger partial charge in [0.25, 0.3) is 6.01 Å². The third-order valence-corrected chi connectivity index (χ3v) is 3.65. The van der Waals surface area contributed by atoms with Crippen LogP contribution in [0.15, 0.2) is 39.8 Å². The minimum atomic E-state index is -3.23. The first-order valence-corrected chi connectivity index (χ1v) is 7.99. The van der Waals surface area contributed by atoms with E-state index in [0.717, 1.165) is 6.26 Å². The van der Waals surface area contributed by atoms with Crippen molar-refractivity contribution in [3.63, 3.8) is 0 Å². The predicted molar refractivity (Wildman–Crippen MR) is 75.3 cm³/mol. The molecule has 1 aromatic heterocycles. The molecule has 2 rings (SSSR count). The molecule has 1 N–H and O–H groups in total. The maximum Gasteiger partial charge on any atom is 0.360 e. The number of aromatic nitrogens is 1. The zero-order valence-electron chi connectivity index (χ0n) is 11.5. The van der Waals surface area contributed by atoms with Crippen LogP contribution in [0.3, 0.4) is 0 Å². The summed E-state index contributed by atoms with van der Waals surface area (Å²) in [7, 11) is -3.23. The first-order valence-electron chi connectivity index (χ1n) is 6.10. The Balaban J connectivity index is 2.10.